The lowest BCUT2D eigenvalue weighted by molar-refractivity contribution is 0.262. The van der Waals surface area contributed by atoms with Crippen molar-refractivity contribution in [1.29, 1.82) is 0 Å². The fraction of sp³-hybridized carbons (Fsp3) is 0.0526. The van der Waals surface area contributed by atoms with Crippen LogP contribution in [0.3, 0.4) is 0 Å². The molecule has 4 heteroatoms. The standard InChI is InChI=1S/C19H17N3O/c1-14-13-16(11-12-20-14)15-7-9-18(10-8-15)22-19(23)21-17-5-3-2-4-6-17/h2-13H,1H3,(H2,21,22,23). The summed E-state index contributed by atoms with van der Waals surface area (Å²) in [6, 6.07) is 20.8. The molecule has 1 heterocycles. The Kier molecular flexibility index (Phi) is 4.34. The molecule has 2 N–H and O–H groups in total. The highest BCUT2D eigenvalue weighted by molar-refractivity contribution is 5.99. The van der Waals surface area contributed by atoms with Gasteiger partial charge in [-0.2, -0.15) is 0 Å². The van der Waals surface area contributed by atoms with Gasteiger partial charge in [-0.3, -0.25) is 4.98 Å². The molecule has 0 saturated carbocycles. The van der Waals surface area contributed by atoms with Crippen LogP contribution in [0.4, 0.5) is 16.2 Å². The summed E-state index contributed by atoms with van der Waals surface area (Å²) in [6.07, 6.45) is 1.80. The van der Waals surface area contributed by atoms with Crippen LogP contribution in [0.5, 0.6) is 0 Å². The fourth-order valence-electron chi connectivity index (χ4n) is 2.29. The van der Waals surface area contributed by atoms with Crippen LogP contribution in [-0.2, 0) is 0 Å². The van der Waals surface area contributed by atoms with Crippen molar-refractivity contribution in [2.45, 2.75) is 6.92 Å². The summed E-state index contributed by atoms with van der Waals surface area (Å²) in [7, 11) is 0. The third-order valence-electron chi connectivity index (χ3n) is 3.40. The Morgan fingerprint density at radius 2 is 1.48 bits per heavy atom. The number of rotatable bonds is 3. The first-order valence-electron chi connectivity index (χ1n) is 7.37. The van der Waals surface area contributed by atoms with Crippen molar-refractivity contribution < 1.29 is 4.79 Å². The van der Waals surface area contributed by atoms with Crippen LogP contribution in [0.25, 0.3) is 11.1 Å². The summed E-state index contributed by atoms with van der Waals surface area (Å²) in [4.78, 5) is 16.1. The molecular weight excluding hydrogens is 286 g/mol. The number of nitrogens with zero attached hydrogens (tertiary/aromatic N) is 1. The van der Waals surface area contributed by atoms with Crippen molar-refractivity contribution in [2.75, 3.05) is 10.6 Å². The van der Waals surface area contributed by atoms with Gasteiger partial charge in [0, 0.05) is 23.3 Å². The van der Waals surface area contributed by atoms with Gasteiger partial charge in [0.05, 0.1) is 0 Å². The molecule has 0 radical (unpaired) electrons. The zero-order chi connectivity index (χ0) is 16.1. The second kappa shape index (κ2) is 6.75. The lowest BCUT2D eigenvalue weighted by atomic mass is 10.1. The molecule has 2 aromatic carbocycles. The van der Waals surface area contributed by atoms with Gasteiger partial charge in [-0.05, 0) is 54.4 Å². The smallest absolute Gasteiger partial charge is 0.308 e. The van der Waals surface area contributed by atoms with Crippen molar-refractivity contribution in [2.24, 2.45) is 0 Å². The summed E-state index contributed by atoms with van der Waals surface area (Å²) in [5.74, 6) is 0. The van der Waals surface area contributed by atoms with Crippen molar-refractivity contribution in [1.82, 2.24) is 4.98 Å². The van der Waals surface area contributed by atoms with Gasteiger partial charge >= 0.3 is 6.03 Å². The van der Waals surface area contributed by atoms with Gasteiger partial charge in [0.1, 0.15) is 0 Å². The average molecular weight is 303 g/mol. The van der Waals surface area contributed by atoms with Gasteiger partial charge in [-0.15, -0.1) is 0 Å². The fourth-order valence-corrected chi connectivity index (χ4v) is 2.29. The maximum atomic E-state index is 12.0. The van der Waals surface area contributed by atoms with E-state index in [0.717, 1.165) is 28.2 Å². The van der Waals surface area contributed by atoms with Crippen molar-refractivity contribution in [3.63, 3.8) is 0 Å². The number of para-hydroxylation sites is 1. The molecule has 0 aliphatic heterocycles. The number of pyridine rings is 1. The van der Waals surface area contributed by atoms with Gasteiger partial charge in [0.2, 0.25) is 0 Å². The predicted molar refractivity (Wildman–Crippen MR) is 93.5 cm³/mol. The third-order valence-corrected chi connectivity index (χ3v) is 3.40. The second-order valence-corrected chi connectivity index (χ2v) is 5.21. The topological polar surface area (TPSA) is 54.0 Å². The molecule has 114 valence electrons. The predicted octanol–water partition coefficient (Wildman–Crippen LogP) is 4.70. The number of anilines is 2. The van der Waals surface area contributed by atoms with Crippen LogP contribution in [0.1, 0.15) is 5.69 Å². The van der Waals surface area contributed by atoms with Gasteiger partial charge in [-0.25, -0.2) is 4.79 Å². The van der Waals surface area contributed by atoms with Crippen LogP contribution in [0, 0.1) is 6.92 Å². The normalized spacial score (nSPS) is 10.1. The first-order chi connectivity index (χ1) is 11.2. The van der Waals surface area contributed by atoms with Crippen LogP contribution >= 0.6 is 0 Å². The first kappa shape index (κ1) is 14.8. The lowest BCUT2D eigenvalue weighted by Crippen LogP contribution is -2.19. The van der Waals surface area contributed by atoms with E-state index in [1.165, 1.54) is 0 Å². The monoisotopic (exact) mass is 303 g/mol. The largest absolute Gasteiger partial charge is 0.323 e. The number of urea groups is 1. The number of benzene rings is 2. The minimum absolute atomic E-state index is 0.260. The van der Waals surface area contributed by atoms with Gasteiger partial charge in [-0.1, -0.05) is 30.3 Å². The number of hydrogen-bond donors (Lipinski definition) is 2. The first-order valence-corrected chi connectivity index (χ1v) is 7.37. The van der Waals surface area contributed by atoms with E-state index in [9.17, 15) is 4.79 Å². The maximum Gasteiger partial charge on any atom is 0.323 e. The highest BCUT2D eigenvalue weighted by Gasteiger charge is 2.03. The third kappa shape index (κ3) is 3.95. The Hall–Kier alpha value is -3.14. The SMILES string of the molecule is Cc1cc(-c2ccc(NC(=O)Nc3ccccc3)cc2)ccn1. The number of aryl methyl sites for hydroxylation is 1. The van der Waals surface area contributed by atoms with Crippen LogP contribution < -0.4 is 10.6 Å². The van der Waals surface area contributed by atoms with Gasteiger partial charge < -0.3 is 10.6 Å². The molecule has 3 aromatic rings. The lowest BCUT2D eigenvalue weighted by Gasteiger charge is -2.08. The molecule has 3 rings (SSSR count). The summed E-state index contributed by atoms with van der Waals surface area (Å²) in [6.45, 7) is 1.97. The Morgan fingerprint density at radius 1 is 0.826 bits per heavy atom. The van der Waals surface area contributed by atoms with E-state index in [2.05, 4.69) is 15.6 Å². The zero-order valence-electron chi connectivity index (χ0n) is 12.8. The summed E-state index contributed by atoms with van der Waals surface area (Å²) in [5.41, 5.74) is 4.68. The zero-order valence-corrected chi connectivity index (χ0v) is 12.8. The van der Waals surface area contributed by atoms with E-state index >= 15 is 0 Å². The van der Waals surface area contributed by atoms with Crippen molar-refractivity contribution in [3.8, 4) is 11.1 Å². The average Bonchev–Trinajstić information content (AvgIpc) is 2.56. The van der Waals surface area contributed by atoms with E-state index in [-0.39, 0.29) is 6.03 Å². The molecule has 23 heavy (non-hydrogen) atoms. The number of aromatic nitrogens is 1. The molecule has 0 atom stereocenters. The quantitative estimate of drug-likeness (QED) is 0.736. The number of carbonyl (C=O) groups is 1. The molecule has 0 unspecified atom stereocenters. The Balaban J connectivity index is 1.67. The molecule has 0 bridgehead atoms. The number of carbonyl (C=O) groups excluding carboxylic acids is 1. The van der Waals surface area contributed by atoms with E-state index in [1.54, 1.807) is 6.20 Å². The molecule has 0 saturated heterocycles. The van der Waals surface area contributed by atoms with E-state index in [1.807, 2.05) is 73.7 Å². The Bertz CT molecular complexity index is 798. The summed E-state index contributed by atoms with van der Waals surface area (Å²) in [5, 5.41) is 5.60. The molecule has 2 amide bonds. The summed E-state index contributed by atoms with van der Waals surface area (Å²) < 4.78 is 0. The van der Waals surface area contributed by atoms with E-state index < -0.39 is 0 Å². The van der Waals surface area contributed by atoms with Crippen molar-refractivity contribution in [3.05, 3.63) is 78.6 Å². The number of hydrogen-bond acceptors (Lipinski definition) is 2. The maximum absolute atomic E-state index is 12.0. The van der Waals surface area contributed by atoms with Gasteiger partial charge in [0.15, 0.2) is 0 Å². The number of amides is 2. The highest BCUT2D eigenvalue weighted by atomic mass is 16.2. The molecular formula is C19H17N3O. The Morgan fingerprint density at radius 3 is 2.13 bits per heavy atom. The molecule has 0 aliphatic carbocycles. The van der Waals surface area contributed by atoms with Crippen LogP contribution in [-0.4, -0.2) is 11.0 Å². The van der Waals surface area contributed by atoms with Crippen LogP contribution in [0.15, 0.2) is 72.9 Å². The second-order valence-electron chi connectivity index (χ2n) is 5.21. The number of nitrogens with one attached hydrogen (secondary N) is 2. The Labute approximate surface area is 135 Å². The van der Waals surface area contributed by atoms with E-state index in [4.69, 9.17) is 0 Å². The molecule has 4 nitrogen and oxygen atoms in total. The molecule has 0 fully saturated rings. The van der Waals surface area contributed by atoms with Gasteiger partial charge in [0.25, 0.3) is 0 Å². The van der Waals surface area contributed by atoms with Crippen LogP contribution in [0.2, 0.25) is 0 Å². The van der Waals surface area contributed by atoms with Crippen molar-refractivity contribution >= 4 is 17.4 Å². The van der Waals surface area contributed by atoms with E-state index in [0.29, 0.717) is 0 Å². The highest BCUT2D eigenvalue weighted by Crippen LogP contribution is 2.21. The molecule has 1 aromatic heterocycles. The minimum atomic E-state index is -0.260. The minimum Gasteiger partial charge on any atom is -0.308 e. The molecule has 0 aliphatic rings. The molecule has 0 spiro atoms. The summed E-state index contributed by atoms with van der Waals surface area (Å²) >= 11 is 0.